The molecule has 0 bridgehead atoms. The van der Waals surface area contributed by atoms with Crippen LogP contribution in [0, 0.1) is 6.92 Å². The standard InChI is InChI=1S/C32H38NO/c1-20-11-13-23-24-14-15-25-28(32(4,5)18-17-31(25,2)3)30(24)34-29(23)27(20)26-16-12-22(19-33(26)6)21-9-7-8-10-21/h11-16,19,21H,7-10,17-18H2,1-6H3/q+1/i21D. The van der Waals surface area contributed by atoms with Gasteiger partial charge in [-0.25, -0.2) is 4.57 Å². The highest BCUT2D eigenvalue weighted by Crippen LogP contribution is 2.50. The minimum atomic E-state index is -0.436. The second-order valence-corrected chi connectivity index (χ2v) is 12.1. The summed E-state index contributed by atoms with van der Waals surface area (Å²) in [6, 6.07) is 13.5. The molecule has 0 amide bonds. The quantitative estimate of drug-likeness (QED) is 0.278. The number of hydrogen-bond acceptors (Lipinski definition) is 1. The molecule has 2 heteroatoms. The van der Waals surface area contributed by atoms with E-state index in [1.54, 1.807) is 0 Å². The fourth-order valence-electron chi connectivity index (χ4n) is 6.61. The van der Waals surface area contributed by atoms with Gasteiger partial charge in [0.15, 0.2) is 6.20 Å². The SMILES string of the molecule is [2H]C1(c2ccc(-c3c(C)ccc4c3oc3c5c(ccc34)C(C)(C)CCC5(C)C)[n+](C)c2)CCCC1. The Balaban J connectivity index is 1.60. The van der Waals surface area contributed by atoms with Gasteiger partial charge in [0, 0.05) is 29.3 Å². The van der Waals surface area contributed by atoms with Crippen LogP contribution in [0.5, 0.6) is 0 Å². The lowest BCUT2D eigenvalue weighted by atomic mass is 9.63. The minimum absolute atomic E-state index is 0.0868. The van der Waals surface area contributed by atoms with E-state index in [2.05, 4.69) is 88.8 Å². The van der Waals surface area contributed by atoms with Crippen molar-refractivity contribution in [3.63, 3.8) is 0 Å². The number of fused-ring (bicyclic) bond motifs is 5. The van der Waals surface area contributed by atoms with Crippen molar-refractivity contribution in [2.45, 2.75) is 89.9 Å². The van der Waals surface area contributed by atoms with Crippen LogP contribution in [-0.4, -0.2) is 0 Å². The van der Waals surface area contributed by atoms with E-state index in [0.717, 1.165) is 48.1 Å². The summed E-state index contributed by atoms with van der Waals surface area (Å²) in [6.45, 7) is 11.7. The van der Waals surface area contributed by atoms with Crippen LogP contribution >= 0.6 is 0 Å². The van der Waals surface area contributed by atoms with E-state index in [4.69, 9.17) is 5.79 Å². The molecule has 2 aliphatic rings. The lowest BCUT2D eigenvalue weighted by molar-refractivity contribution is -0.660. The lowest BCUT2D eigenvalue weighted by Gasteiger charge is -2.41. The normalized spacial score (nSPS) is 21.1. The van der Waals surface area contributed by atoms with Gasteiger partial charge in [0.2, 0.25) is 5.69 Å². The monoisotopic (exact) mass is 453 g/mol. The van der Waals surface area contributed by atoms with Gasteiger partial charge in [-0.05, 0) is 66.5 Å². The fourth-order valence-corrected chi connectivity index (χ4v) is 6.61. The molecule has 4 aromatic rings. The van der Waals surface area contributed by atoms with Crippen molar-refractivity contribution < 1.29 is 10.4 Å². The third-order valence-corrected chi connectivity index (χ3v) is 8.80. The molecule has 2 aromatic heterocycles. The van der Waals surface area contributed by atoms with Gasteiger partial charge in [0.1, 0.15) is 18.2 Å². The predicted octanol–water partition coefficient (Wildman–Crippen LogP) is 8.39. The van der Waals surface area contributed by atoms with E-state index >= 15 is 0 Å². The molecule has 0 N–H and O–H groups in total. The molecule has 1 fully saturated rings. The molecule has 1 saturated carbocycles. The van der Waals surface area contributed by atoms with Crippen LogP contribution in [0.15, 0.2) is 47.0 Å². The van der Waals surface area contributed by atoms with Crippen molar-refractivity contribution in [2.24, 2.45) is 7.05 Å². The van der Waals surface area contributed by atoms with Crippen LogP contribution in [0.2, 0.25) is 0 Å². The van der Waals surface area contributed by atoms with Gasteiger partial charge in [-0.15, -0.1) is 0 Å². The van der Waals surface area contributed by atoms with E-state index in [0.29, 0.717) is 0 Å². The van der Waals surface area contributed by atoms with Crippen LogP contribution < -0.4 is 4.57 Å². The zero-order valence-electron chi connectivity index (χ0n) is 22.6. The zero-order valence-corrected chi connectivity index (χ0v) is 21.6. The average molecular weight is 454 g/mol. The summed E-state index contributed by atoms with van der Waals surface area (Å²) in [5.74, 6) is -0.436. The van der Waals surface area contributed by atoms with E-state index in [1.807, 2.05) is 0 Å². The van der Waals surface area contributed by atoms with Gasteiger partial charge >= 0.3 is 0 Å². The minimum Gasteiger partial charge on any atom is -0.455 e. The van der Waals surface area contributed by atoms with Crippen LogP contribution in [0.1, 0.15) is 95.7 Å². The number of nitrogens with zero attached hydrogens (tertiary/aromatic N) is 1. The van der Waals surface area contributed by atoms with Crippen molar-refractivity contribution >= 4 is 21.9 Å². The number of pyridine rings is 1. The second-order valence-electron chi connectivity index (χ2n) is 12.1. The largest absolute Gasteiger partial charge is 0.455 e. The first kappa shape index (κ1) is 20.7. The van der Waals surface area contributed by atoms with Gasteiger partial charge in [0.05, 0.1) is 5.56 Å². The smallest absolute Gasteiger partial charge is 0.216 e. The summed E-state index contributed by atoms with van der Waals surface area (Å²) in [4.78, 5) is 0. The third kappa shape index (κ3) is 3.17. The zero-order chi connectivity index (χ0) is 24.8. The van der Waals surface area contributed by atoms with E-state index in [-0.39, 0.29) is 10.8 Å². The summed E-state index contributed by atoms with van der Waals surface area (Å²) in [5, 5.41) is 2.42. The highest BCUT2D eigenvalue weighted by Gasteiger charge is 2.39. The van der Waals surface area contributed by atoms with Crippen LogP contribution in [-0.2, 0) is 17.9 Å². The molecule has 0 atom stereocenters. The topological polar surface area (TPSA) is 17.0 Å². The molecule has 176 valence electrons. The number of hydrogen-bond donors (Lipinski definition) is 0. The molecule has 0 aliphatic heterocycles. The van der Waals surface area contributed by atoms with Crippen molar-refractivity contribution in [1.82, 2.24) is 0 Å². The summed E-state index contributed by atoms with van der Waals surface area (Å²) in [7, 11) is 2.12. The third-order valence-electron chi connectivity index (χ3n) is 8.80. The fraction of sp³-hybridized carbons (Fsp3) is 0.469. The van der Waals surface area contributed by atoms with E-state index in [1.165, 1.54) is 45.9 Å². The van der Waals surface area contributed by atoms with Crippen LogP contribution in [0.4, 0.5) is 0 Å². The Hall–Kier alpha value is -2.61. The maximum Gasteiger partial charge on any atom is 0.216 e. The molecule has 2 aliphatic carbocycles. The Bertz CT molecular complexity index is 1480. The van der Waals surface area contributed by atoms with Gasteiger partial charge < -0.3 is 4.42 Å². The molecule has 6 rings (SSSR count). The molecule has 2 nitrogen and oxygen atoms in total. The number of aryl methyl sites for hydroxylation is 2. The predicted molar refractivity (Wildman–Crippen MR) is 142 cm³/mol. The first-order valence-corrected chi connectivity index (χ1v) is 13.0. The number of benzene rings is 2. The Morgan fingerprint density at radius 2 is 1.56 bits per heavy atom. The first-order chi connectivity index (χ1) is 16.5. The van der Waals surface area contributed by atoms with Gasteiger partial charge in [-0.1, -0.05) is 64.8 Å². The van der Waals surface area contributed by atoms with Crippen molar-refractivity contribution in [1.29, 1.82) is 0 Å². The molecule has 2 aromatic carbocycles. The molecule has 0 saturated heterocycles. The summed E-state index contributed by atoms with van der Waals surface area (Å²) in [6.07, 6.45) is 8.78. The number of aromatic nitrogens is 1. The summed E-state index contributed by atoms with van der Waals surface area (Å²) < 4.78 is 18.1. The van der Waals surface area contributed by atoms with Gasteiger partial charge in [0.25, 0.3) is 0 Å². The average Bonchev–Trinajstić information content (AvgIpc) is 3.41. The van der Waals surface area contributed by atoms with E-state index < -0.39 is 5.89 Å². The molecule has 0 radical (unpaired) electrons. The lowest BCUT2D eigenvalue weighted by Crippen LogP contribution is -2.33. The van der Waals surface area contributed by atoms with Gasteiger partial charge in [-0.2, -0.15) is 0 Å². The Morgan fingerprint density at radius 3 is 2.29 bits per heavy atom. The summed E-state index contributed by atoms with van der Waals surface area (Å²) >= 11 is 0. The van der Waals surface area contributed by atoms with Crippen LogP contribution in [0.25, 0.3) is 33.2 Å². The molecule has 2 heterocycles. The van der Waals surface area contributed by atoms with Crippen molar-refractivity contribution in [3.05, 3.63) is 64.8 Å². The molecule has 34 heavy (non-hydrogen) atoms. The number of rotatable bonds is 2. The maximum absolute atomic E-state index is 8.97. The molecular weight excluding hydrogens is 414 g/mol. The molecule has 0 spiro atoms. The van der Waals surface area contributed by atoms with Crippen molar-refractivity contribution in [2.75, 3.05) is 0 Å². The second kappa shape index (κ2) is 7.44. The summed E-state index contributed by atoms with van der Waals surface area (Å²) in [5.41, 5.74) is 9.78. The van der Waals surface area contributed by atoms with Crippen LogP contribution in [0.3, 0.4) is 0 Å². The molecular formula is C32H38NO+. The Morgan fingerprint density at radius 1 is 0.882 bits per heavy atom. The highest BCUT2D eigenvalue weighted by atomic mass is 16.3. The van der Waals surface area contributed by atoms with Gasteiger partial charge in [-0.3, -0.25) is 0 Å². The number of furan rings is 1. The van der Waals surface area contributed by atoms with Crippen molar-refractivity contribution in [3.8, 4) is 11.3 Å². The Kier molecular flexibility index (Phi) is 4.54. The highest BCUT2D eigenvalue weighted by molar-refractivity contribution is 6.11. The first-order valence-electron chi connectivity index (χ1n) is 13.5. The molecule has 0 unspecified atom stereocenters. The van der Waals surface area contributed by atoms with E-state index in [9.17, 15) is 0 Å². The Labute approximate surface area is 205 Å². The maximum atomic E-state index is 8.97.